The van der Waals surface area contributed by atoms with Crippen molar-refractivity contribution >= 4 is 48.9 Å². The van der Waals surface area contributed by atoms with Crippen LogP contribution in [0.2, 0.25) is 5.02 Å². The lowest BCUT2D eigenvalue weighted by Gasteiger charge is -2.08. The Morgan fingerprint density at radius 1 is 1.38 bits per heavy atom. The molecule has 21 heavy (non-hydrogen) atoms. The van der Waals surface area contributed by atoms with Crippen molar-refractivity contribution in [3.63, 3.8) is 0 Å². The summed E-state index contributed by atoms with van der Waals surface area (Å²) in [5.41, 5.74) is 0.952. The molecule has 0 atom stereocenters. The van der Waals surface area contributed by atoms with Crippen LogP contribution in [0.1, 0.15) is 5.56 Å². The molecule has 1 heterocycles. The van der Waals surface area contributed by atoms with E-state index in [0.29, 0.717) is 15.2 Å². The SMILES string of the molecule is COc1ccccc1CCNS(=O)(=O)c1cc(Cl)c(Br)s1. The van der Waals surface area contributed by atoms with Crippen molar-refractivity contribution in [3.8, 4) is 5.75 Å². The van der Waals surface area contributed by atoms with Crippen molar-refractivity contribution in [1.29, 1.82) is 0 Å². The Morgan fingerprint density at radius 3 is 2.71 bits per heavy atom. The number of ether oxygens (including phenoxy) is 1. The number of nitrogens with one attached hydrogen (secondary N) is 1. The van der Waals surface area contributed by atoms with Gasteiger partial charge in [-0.05, 0) is 40.0 Å². The van der Waals surface area contributed by atoms with Crippen LogP contribution < -0.4 is 9.46 Å². The first-order chi connectivity index (χ1) is 9.94. The largest absolute Gasteiger partial charge is 0.496 e. The number of halogens is 2. The molecule has 114 valence electrons. The first-order valence-corrected chi connectivity index (χ1v) is 9.47. The number of hydrogen-bond donors (Lipinski definition) is 1. The summed E-state index contributed by atoms with van der Waals surface area (Å²) < 4.78 is 32.9. The van der Waals surface area contributed by atoms with Gasteiger partial charge in [0.25, 0.3) is 0 Å². The van der Waals surface area contributed by atoms with Crippen LogP contribution in [-0.4, -0.2) is 22.1 Å². The fourth-order valence-electron chi connectivity index (χ4n) is 1.76. The number of rotatable bonds is 6. The first-order valence-electron chi connectivity index (χ1n) is 6.00. The lowest BCUT2D eigenvalue weighted by Crippen LogP contribution is -2.25. The highest BCUT2D eigenvalue weighted by atomic mass is 79.9. The minimum Gasteiger partial charge on any atom is -0.496 e. The van der Waals surface area contributed by atoms with Gasteiger partial charge in [0.2, 0.25) is 10.0 Å². The van der Waals surface area contributed by atoms with E-state index in [1.807, 2.05) is 24.3 Å². The van der Waals surface area contributed by atoms with Crippen molar-refractivity contribution in [2.24, 2.45) is 0 Å². The molecule has 0 saturated carbocycles. The van der Waals surface area contributed by atoms with E-state index in [4.69, 9.17) is 16.3 Å². The van der Waals surface area contributed by atoms with Gasteiger partial charge in [0, 0.05) is 6.54 Å². The molecule has 0 radical (unpaired) electrons. The third kappa shape index (κ3) is 4.20. The molecular formula is C13H13BrClNO3S2. The zero-order valence-electron chi connectivity index (χ0n) is 11.1. The molecular weight excluding hydrogens is 398 g/mol. The van der Waals surface area contributed by atoms with Crippen LogP contribution in [0.25, 0.3) is 0 Å². The van der Waals surface area contributed by atoms with E-state index in [0.717, 1.165) is 22.6 Å². The highest BCUT2D eigenvalue weighted by Gasteiger charge is 2.18. The fraction of sp³-hybridized carbons (Fsp3) is 0.231. The quantitative estimate of drug-likeness (QED) is 0.790. The van der Waals surface area contributed by atoms with Crippen molar-refractivity contribution in [3.05, 3.63) is 44.7 Å². The van der Waals surface area contributed by atoms with Gasteiger partial charge in [-0.25, -0.2) is 13.1 Å². The summed E-state index contributed by atoms with van der Waals surface area (Å²) in [7, 11) is -1.95. The van der Waals surface area contributed by atoms with E-state index in [1.54, 1.807) is 7.11 Å². The minimum absolute atomic E-state index is 0.194. The highest BCUT2D eigenvalue weighted by Crippen LogP contribution is 2.34. The highest BCUT2D eigenvalue weighted by molar-refractivity contribution is 9.11. The monoisotopic (exact) mass is 409 g/mol. The summed E-state index contributed by atoms with van der Waals surface area (Å²) in [5, 5.41) is 0.394. The molecule has 0 unspecified atom stereocenters. The molecule has 0 spiro atoms. The second-order valence-electron chi connectivity index (χ2n) is 4.15. The van der Waals surface area contributed by atoms with Gasteiger partial charge in [-0.2, -0.15) is 0 Å². The molecule has 0 bridgehead atoms. The second kappa shape index (κ2) is 7.11. The van der Waals surface area contributed by atoms with E-state index in [-0.39, 0.29) is 10.8 Å². The van der Waals surface area contributed by atoms with Crippen molar-refractivity contribution in [2.45, 2.75) is 10.6 Å². The molecule has 1 N–H and O–H groups in total. The molecule has 1 aromatic heterocycles. The number of benzene rings is 1. The van der Waals surface area contributed by atoms with Crippen LogP contribution in [-0.2, 0) is 16.4 Å². The smallest absolute Gasteiger partial charge is 0.250 e. The van der Waals surface area contributed by atoms with Crippen LogP contribution in [0.4, 0.5) is 0 Å². The van der Waals surface area contributed by atoms with Gasteiger partial charge in [0.05, 0.1) is 15.9 Å². The first kappa shape index (κ1) is 16.8. The average Bonchev–Trinajstić information content (AvgIpc) is 2.80. The summed E-state index contributed by atoms with van der Waals surface area (Å²) in [5.74, 6) is 0.749. The molecule has 0 fully saturated rings. The zero-order chi connectivity index (χ0) is 15.5. The molecule has 8 heteroatoms. The normalized spacial score (nSPS) is 11.6. The number of sulfonamides is 1. The third-order valence-electron chi connectivity index (χ3n) is 2.77. The number of thiophene rings is 1. The van der Waals surface area contributed by atoms with Gasteiger partial charge in [0.15, 0.2) is 0 Å². The maximum atomic E-state index is 12.1. The Labute approximate surface area is 141 Å². The van der Waals surface area contributed by atoms with Gasteiger partial charge in [-0.15, -0.1) is 11.3 Å². The predicted molar refractivity (Wildman–Crippen MR) is 88.9 cm³/mol. The Balaban J connectivity index is 2.02. The predicted octanol–water partition coefficient (Wildman–Crippen LogP) is 3.69. The van der Waals surface area contributed by atoms with Crippen LogP contribution >= 0.6 is 38.9 Å². The summed E-state index contributed by atoms with van der Waals surface area (Å²) in [6.45, 7) is 0.288. The molecule has 4 nitrogen and oxygen atoms in total. The zero-order valence-corrected chi connectivity index (χ0v) is 15.1. The van der Waals surface area contributed by atoms with Gasteiger partial charge in [0.1, 0.15) is 9.96 Å². The lowest BCUT2D eigenvalue weighted by molar-refractivity contribution is 0.409. The Bertz CT molecular complexity index is 711. The summed E-state index contributed by atoms with van der Waals surface area (Å²) >= 11 is 10.2. The molecule has 0 aliphatic rings. The molecule has 0 saturated heterocycles. The topological polar surface area (TPSA) is 55.4 Å². The molecule has 0 aliphatic carbocycles. The Morgan fingerprint density at radius 2 is 2.10 bits per heavy atom. The van der Waals surface area contributed by atoms with E-state index in [9.17, 15) is 8.42 Å². The summed E-state index contributed by atoms with van der Waals surface area (Å²) in [6.07, 6.45) is 0.545. The molecule has 2 aromatic rings. The van der Waals surface area contributed by atoms with E-state index >= 15 is 0 Å². The number of para-hydroxylation sites is 1. The average molecular weight is 411 g/mol. The van der Waals surface area contributed by atoms with Crippen molar-refractivity contribution in [1.82, 2.24) is 4.72 Å². The van der Waals surface area contributed by atoms with Crippen LogP contribution in [0.3, 0.4) is 0 Å². The maximum Gasteiger partial charge on any atom is 0.250 e. The van der Waals surface area contributed by atoms with Gasteiger partial charge in [-0.1, -0.05) is 29.8 Å². The molecule has 2 rings (SSSR count). The molecule has 1 aromatic carbocycles. The van der Waals surface area contributed by atoms with Gasteiger partial charge >= 0.3 is 0 Å². The van der Waals surface area contributed by atoms with Crippen molar-refractivity contribution in [2.75, 3.05) is 13.7 Å². The van der Waals surface area contributed by atoms with E-state index < -0.39 is 10.0 Å². The van der Waals surface area contributed by atoms with Crippen LogP contribution in [0.5, 0.6) is 5.75 Å². The lowest BCUT2D eigenvalue weighted by atomic mass is 10.1. The second-order valence-corrected chi connectivity index (χ2v) is 8.92. The fourth-order valence-corrected chi connectivity index (χ4v) is 5.23. The standard InChI is InChI=1S/C13H13BrClNO3S2/c1-19-11-5-3-2-4-9(11)6-7-16-21(17,18)12-8-10(15)13(14)20-12/h2-5,8,16H,6-7H2,1H3. The van der Waals surface area contributed by atoms with Crippen LogP contribution in [0.15, 0.2) is 38.3 Å². The molecule has 0 amide bonds. The number of hydrogen-bond acceptors (Lipinski definition) is 4. The van der Waals surface area contributed by atoms with Crippen LogP contribution in [0, 0.1) is 0 Å². The van der Waals surface area contributed by atoms with E-state index in [2.05, 4.69) is 20.7 Å². The van der Waals surface area contributed by atoms with Gasteiger partial charge < -0.3 is 4.74 Å². The van der Waals surface area contributed by atoms with E-state index in [1.165, 1.54) is 6.07 Å². The maximum absolute atomic E-state index is 12.1. The number of methoxy groups -OCH3 is 1. The summed E-state index contributed by atoms with van der Waals surface area (Å²) in [6, 6.07) is 8.95. The molecule has 0 aliphatic heterocycles. The van der Waals surface area contributed by atoms with Crippen molar-refractivity contribution < 1.29 is 13.2 Å². The third-order valence-corrected chi connectivity index (χ3v) is 7.18. The van der Waals surface area contributed by atoms with Gasteiger partial charge in [-0.3, -0.25) is 0 Å². The Kier molecular flexibility index (Phi) is 5.67. The Hall–Kier alpha value is -0.600. The summed E-state index contributed by atoms with van der Waals surface area (Å²) in [4.78, 5) is 0. The minimum atomic E-state index is -3.54.